The third kappa shape index (κ3) is 2.73. The second kappa shape index (κ2) is 5.75. The molecule has 120 valence electrons. The van der Waals surface area contributed by atoms with E-state index in [0.29, 0.717) is 22.4 Å². The van der Waals surface area contributed by atoms with Crippen molar-refractivity contribution in [2.45, 2.75) is 19.6 Å². The molecular weight excluding hydrogens is 323 g/mol. The fraction of sp³-hybridized carbons (Fsp3) is 0.267. The Labute approximate surface area is 135 Å². The van der Waals surface area contributed by atoms with Crippen LogP contribution in [-0.4, -0.2) is 24.4 Å². The van der Waals surface area contributed by atoms with Crippen LogP contribution in [0.4, 0.5) is 4.39 Å². The summed E-state index contributed by atoms with van der Waals surface area (Å²) in [5, 5.41) is 14.9. The molecule has 1 N–H and O–H groups in total. The Morgan fingerprint density at radius 1 is 1.43 bits per heavy atom. The van der Waals surface area contributed by atoms with Gasteiger partial charge in [-0.15, -0.1) is 0 Å². The maximum absolute atomic E-state index is 13.1. The van der Waals surface area contributed by atoms with E-state index in [4.69, 9.17) is 11.6 Å². The molecule has 0 amide bonds. The van der Waals surface area contributed by atoms with Gasteiger partial charge in [0.05, 0.1) is 18.8 Å². The van der Waals surface area contributed by atoms with Crippen molar-refractivity contribution < 1.29 is 9.50 Å². The fourth-order valence-corrected chi connectivity index (χ4v) is 2.77. The molecule has 1 aromatic carbocycles. The lowest BCUT2D eigenvalue weighted by Crippen LogP contribution is -2.26. The predicted molar refractivity (Wildman–Crippen MR) is 83.9 cm³/mol. The van der Waals surface area contributed by atoms with Gasteiger partial charge in [0, 0.05) is 17.6 Å². The van der Waals surface area contributed by atoms with Gasteiger partial charge in [-0.25, -0.2) is 9.37 Å². The lowest BCUT2D eigenvalue weighted by atomic mass is 10.1. The van der Waals surface area contributed by atoms with Gasteiger partial charge in [0.15, 0.2) is 5.65 Å². The minimum atomic E-state index is -1.06. The molecule has 0 aliphatic heterocycles. The molecule has 0 aliphatic carbocycles. The number of aryl methyl sites for hydroxylation is 2. The van der Waals surface area contributed by atoms with Crippen LogP contribution in [0, 0.1) is 12.7 Å². The predicted octanol–water partition coefficient (Wildman–Crippen LogP) is 1.96. The molecule has 2 aromatic heterocycles. The van der Waals surface area contributed by atoms with Crippen molar-refractivity contribution >= 4 is 22.6 Å². The van der Waals surface area contributed by atoms with Gasteiger partial charge in [-0.1, -0.05) is 17.7 Å². The van der Waals surface area contributed by atoms with Gasteiger partial charge < -0.3 is 5.11 Å². The Hall–Kier alpha value is -2.25. The van der Waals surface area contributed by atoms with Gasteiger partial charge in [-0.2, -0.15) is 5.10 Å². The Morgan fingerprint density at radius 2 is 2.17 bits per heavy atom. The van der Waals surface area contributed by atoms with Crippen molar-refractivity contribution in [2.75, 3.05) is 0 Å². The molecule has 0 bridgehead atoms. The average molecular weight is 337 g/mol. The topological polar surface area (TPSA) is 72.9 Å². The summed E-state index contributed by atoms with van der Waals surface area (Å²) < 4.78 is 16.0. The molecule has 0 spiro atoms. The summed E-state index contributed by atoms with van der Waals surface area (Å²) in [6.07, 6.45) is 0.383. The van der Waals surface area contributed by atoms with Crippen molar-refractivity contribution in [3.8, 4) is 0 Å². The van der Waals surface area contributed by atoms with E-state index >= 15 is 0 Å². The molecule has 3 aromatic rings. The van der Waals surface area contributed by atoms with Crippen molar-refractivity contribution in [1.29, 1.82) is 0 Å². The highest BCUT2D eigenvalue weighted by Gasteiger charge is 2.17. The first kappa shape index (κ1) is 15.6. The van der Waals surface area contributed by atoms with Crippen molar-refractivity contribution in [2.24, 2.45) is 7.05 Å². The molecule has 0 saturated heterocycles. The first-order valence-corrected chi connectivity index (χ1v) is 7.28. The van der Waals surface area contributed by atoms with E-state index in [9.17, 15) is 14.3 Å². The van der Waals surface area contributed by atoms with E-state index in [0.717, 1.165) is 6.07 Å². The Bertz CT molecular complexity index is 951. The zero-order valence-electron chi connectivity index (χ0n) is 12.5. The molecule has 6 nitrogen and oxygen atoms in total. The van der Waals surface area contributed by atoms with Crippen molar-refractivity contribution in [1.82, 2.24) is 19.3 Å². The maximum Gasteiger partial charge on any atom is 0.264 e. The molecule has 1 atom stereocenters. The Morgan fingerprint density at radius 3 is 2.87 bits per heavy atom. The number of aromatic nitrogens is 4. The smallest absolute Gasteiger partial charge is 0.264 e. The van der Waals surface area contributed by atoms with E-state index in [1.807, 2.05) is 0 Å². The van der Waals surface area contributed by atoms with Gasteiger partial charge in [0.25, 0.3) is 5.56 Å². The number of hydrogen-bond donors (Lipinski definition) is 1. The molecule has 8 heteroatoms. The maximum atomic E-state index is 13.1. The third-order valence-corrected chi connectivity index (χ3v) is 4.05. The number of aliphatic hydroxyl groups is 1. The van der Waals surface area contributed by atoms with Gasteiger partial charge in [-0.05, 0) is 19.1 Å². The monoisotopic (exact) mass is 336 g/mol. The zero-order valence-corrected chi connectivity index (χ0v) is 13.3. The molecule has 3 rings (SSSR count). The first-order chi connectivity index (χ1) is 10.9. The molecule has 0 radical (unpaired) electrons. The summed E-state index contributed by atoms with van der Waals surface area (Å²) in [6, 6.07) is 3.74. The summed E-state index contributed by atoms with van der Waals surface area (Å²) in [6.45, 7) is 1.64. The minimum absolute atomic E-state index is 0.0339. The second-order valence-electron chi connectivity index (χ2n) is 5.26. The third-order valence-electron chi connectivity index (χ3n) is 3.72. The highest BCUT2D eigenvalue weighted by Crippen LogP contribution is 2.25. The summed E-state index contributed by atoms with van der Waals surface area (Å²) in [4.78, 5) is 16.9. The number of hydrogen-bond acceptors (Lipinski definition) is 4. The SMILES string of the molecule is Cc1nc2c(cnn2C)c(=O)n1CC(O)c1ccc(F)cc1Cl. The lowest BCUT2D eigenvalue weighted by Gasteiger charge is -2.16. The van der Waals surface area contributed by atoms with Gasteiger partial charge in [0.2, 0.25) is 0 Å². The average Bonchev–Trinajstić information content (AvgIpc) is 2.84. The fourth-order valence-electron chi connectivity index (χ4n) is 2.48. The van der Waals surface area contributed by atoms with Gasteiger partial charge >= 0.3 is 0 Å². The lowest BCUT2D eigenvalue weighted by molar-refractivity contribution is 0.154. The van der Waals surface area contributed by atoms with Gasteiger partial charge in [0.1, 0.15) is 17.0 Å². The summed E-state index contributed by atoms with van der Waals surface area (Å²) in [7, 11) is 1.70. The second-order valence-corrected chi connectivity index (χ2v) is 5.67. The normalized spacial score (nSPS) is 12.7. The van der Waals surface area contributed by atoms with E-state index in [1.165, 1.54) is 27.6 Å². The number of fused-ring (bicyclic) bond motifs is 1. The Kier molecular flexibility index (Phi) is 3.91. The molecule has 0 aliphatic rings. The van der Waals surface area contributed by atoms with Crippen molar-refractivity contribution in [3.05, 3.63) is 57.0 Å². The molecule has 0 fully saturated rings. The van der Waals surface area contributed by atoms with Crippen LogP contribution in [-0.2, 0) is 13.6 Å². The summed E-state index contributed by atoms with van der Waals surface area (Å²) in [5.41, 5.74) is 0.543. The summed E-state index contributed by atoms with van der Waals surface area (Å²) in [5.74, 6) is -0.0406. The highest BCUT2D eigenvalue weighted by atomic mass is 35.5. The number of rotatable bonds is 3. The van der Waals surface area contributed by atoms with Crippen LogP contribution in [0.2, 0.25) is 5.02 Å². The molecular formula is C15H14ClFN4O2. The number of halogens is 2. The van der Waals surface area contributed by atoms with Crippen LogP contribution >= 0.6 is 11.6 Å². The van der Waals surface area contributed by atoms with Crippen LogP contribution < -0.4 is 5.56 Å². The quantitative estimate of drug-likeness (QED) is 0.793. The first-order valence-electron chi connectivity index (χ1n) is 6.90. The number of aliphatic hydroxyl groups excluding tert-OH is 1. The molecule has 0 saturated carbocycles. The zero-order chi connectivity index (χ0) is 16.7. The largest absolute Gasteiger partial charge is 0.386 e. The van der Waals surface area contributed by atoms with Crippen LogP contribution in [0.15, 0.2) is 29.2 Å². The van der Waals surface area contributed by atoms with Crippen LogP contribution in [0.25, 0.3) is 11.0 Å². The molecule has 2 heterocycles. The van der Waals surface area contributed by atoms with E-state index < -0.39 is 11.9 Å². The van der Waals surface area contributed by atoms with E-state index in [-0.39, 0.29) is 17.1 Å². The van der Waals surface area contributed by atoms with Crippen molar-refractivity contribution in [3.63, 3.8) is 0 Å². The van der Waals surface area contributed by atoms with E-state index in [1.54, 1.807) is 14.0 Å². The number of nitrogens with zero attached hydrogens (tertiary/aromatic N) is 4. The Balaban J connectivity index is 2.02. The highest BCUT2D eigenvalue weighted by molar-refractivity contribution is 6.31. The summed E-state index contributed by atoms with van der Waals surface area (Å²) >= 11 is 5.95. The minimum Gasteiger partial charge on any atom is -0.386 e. The molecule has 1 unspecified atom stereocenters. The molecule has 23 heavy (non-hydrogen) atoms. The van der Waals surface area contributed by atoms with E-state index in [2.05, 4.69) is 10.1 Å². The van der Waals surface area contributed by atoms with Crippen LogP contribution in [0.3, 0.4) is 0 Å². The van der Waals surface area contributed by atoms with Crippen LogP contribution in [0.5, 0.6) is 0 Å². The standard InChI is InChI=1S/C15H14ClFN4O2/c1-8-19-14-11(6-18-20(14)2)15(23)21(8)7-13(22)10-4-3-9(17)5-12(10)16/h3-6,13,22H,7H2,1-2H3. The number of benzene rings is 1. The van der Waals surface area contributed by atoms with Gasteiger partial charge in [-0.3, -0.25) is 14.0 Å². The van der Waals surface area contributed by atoms with Crippen LogP contribution in [0.1, 0.15) is 17.5 Å².